The van der Waals surface area contributed by atoms with E-state index in [2.05, 4.69) is 10.1 Å². The Labute approximate surface area is 119 Å². The van der Waals surface area contributed by atoms with Crippen molar-refractivity contribution in [1.29, 1.82) is 5.26 Å². The lowest BCUT2D eigenvalue weighted by molar-refractivity contribution is -0.104. The molecule has 102 valence electrons. The molecule has 2 heterocycles. The minimum atomic E-state index is -0.734. The number of carbonyl (C=O) groups is 2. The van der Waals surface area contributed by atoms with Gasteiger partial charge in [-0.1, -0.05) is 23.8 Å². The van der Waals surface area contributed by atoms with E-state index in [1.54, 1.807) is 0 Å². The number of ketones is 1. The van der Waals surface area contributed by atoms with Crippen LogP contribution in [0, 0.1) is 18.3 Å². The van der Waals surface area contributed by atoms with Crippen LogP contribution in [-0.4, -0.2) is 26.7 Å². The second-order valence-electron chi connectivity index (χ2n) is 4.65. The molecule has 0 aliphatic rings. The number of nitrogens with zero attached hydrogens (tertiary/aromatic N) is 3. The Balaban J connectivity index is 2.19. The molecule has 0 radical (unpaired) electrons. The molecular formula is C15H10N4O2. The predicted molar refractivity (Wildman–Crippen MR) is 74.8 cm³/mol. The molecule has 0 saturated carbocycles. The van der Waals surface area contributed by atoms with Crippen LogP contribution in [0.3, 0.4) is 0 Å². The summed E-state index contributed by atoms with van der Waals surface area (Å²) < 4.78 is 1.48. The smallest absolute Gasteiger partial charge is 0.228 e. The number of aldehydes is 1. The van der Waals surface area contributed by atoms with Gasteiger partial charge in [-0.05, 0) is 13.0 Å². The van der Waals surface area contributed by atoms with Crippen LogP contribution < -0.4 is 0 Å². The monoisotopic (exact) mass is 278 g/mol. The molecule has 2 aromatic heterocycles. The van der Waals surface area contributed by atoms with Crippen LogP contribution in [0.25, 0.3) is 17.0 Å². The summed E-state index contributed by atoms with van der Waals surface area (Å²) in [7, 11) is 0. The van der Waals surface area contributed by atoms with Crippen LogP contribution in [-0.2, 0) is 4.79 Å². The van der Waals surface area contributed by atoms with E-state index in [0.717, 1.165) is 11.1 Å². The summed E-state index contributed by atoms with van der Waals surface area (Å²) in [5.41, 5.74) is 2.46. The number of H-pyrrole nitrogens is 1. The minimum absolute atomic E-state index is 0.0574. The molecule has 0 bridgehead atoms. The van der Waals surface area contributed by atoms with Gasteiger partial charge >= 0.3 is 0 Å². The molecule has 3 aromatic rings. The van der Waals surface area contributed by atoms with Crippen molar-refractivity contribution in [2.75, 3.05) is 0 Å². The standard InChI is InChI=1S/C15H10N4O2/c1-9-3-2-4-10(5-9)14-17-15-11(6-16)12(13(21)8-20)7-19(15)18-14/h2-5,7-8H,1H3,(H,17,18). The molecule has 1 aromatic carbocycles. The first-order valence-electron chi connectivity index (χ1n) is 6.21. The molecule has 0 unspecified atom stereocenters. The zero-order chi connectivity index (χ0) is 15.0. The molecule has 0 saturated heterocycles. The van der Waals surface area contributed by atoms with Gasteiger partial charge in [0.15, 0.2) is 17.8 Å². The fourth-order valence-corrected chi connectivity index (χ4v) is 2.22. The molecule has 0 aliphatic carbocycles. The highest BCUT2D eigenvalue weighted by atomic mass is 16.2. The molecular weight excluding hydrogens is 268 g/mol. The van der Waals surface area contributed by atoms with Crippen LogP contribution in [0.1, 0.15) is 21.5 Å². The number of rotatable bonds is 3. The fourth-order valence-electron chi connectivity index (χ4n) is 2.22. The molecule has 21 heavy (non-hydrogen) atoms. The van der Waals surface area contributed by atoms with E-state index < -0.39 is 5.78 Å². The van der Waals surface area contributed by atoms with Crippen LogP contribution in [0.5, 0.6) is 0 Å². The summed E-state index contributed by atoms with van der Waals surface area (Å²) in [4.78, 5) is 26.4. The molecule has 6 nitrogen and oxygen atoms in total. The van der Waals surface area contributed by atoms with Gasteiger partial charge in [0.25, 0.3) is 0 Å². The van der Waals surface area contributed by atoms with Gasteiger partial charge in [0.05, 0.1) is 5.56 Å². The van der Waals surface area contributed by atoms with Gasteiger partial charge in [-0.3, -0.25) is 14.7 Å². The van der Waals surface area contributed by atoms with Crippen molar-refractivity contribution in [2.24, 2.45) is 0 Å². The van der Waals surface area contributed by atoms with E-state index in [4.69, 9.17) is 0 Å². The first kappa shape index (κ1) is 12.8. The molecule has 3 rings (SSSR count). The number of aryl methyl sites for hydroxylation is 1. The van der Waals surface area contributed by atoms with Crippen LogP contribution in [0.4, 0.5) is 0 Å². The SMILES string of the molecule is Cc1cccc(-c2nc3c(C#N)c(C(=O)C=O)cn3[nH]2)c1. The third kappa shape index (κ3) is 2.01. The zero-order valence-electron chi connectivity index (χ0n) is 11.1. The van der Waals surface area contributed by atoms with E-state index in [-0.39, 0.29) is 17.4 Å². The average molecular weight is 278 g/mol. The number of benzene rings is 1. The molecule has 0 amide bonds. The van der Waals surface area contributed by atoms with Gasteiger partial charge in [0.2, 0.25) is 5.78 Å². The van der Waals surface area contributed by atoms with E-state index in [1.807, 2.05) is 37.3 Å². The Morgan fingerprint density at radius 1 is 1.48 bits per heavy atom. The van der Waals surface area contributed by atoms with Crippen molar-refractivity contribution in [3.63, 3.8) is 0 Å². The van der Waals surface area contributed by atoms with Crippen molar-refractivity contribution in [3.05, 3.63) is 47.2 Å². The van der Waals surface area contributed by atoms with Gasteiger partial charge < -0.3 is 0 Å². The maximum absolute atomic E-state index is 11.5. The summed E-state index contributed by atoms with van der Waals surface area (Å²) in [5, 5.41) is 12.2. The number of nitrogens with one attached hydrogen (secondary N) is 1. The third-order valence-corrected chi connectivity index (χ3v) is 3.20. The van der Waals surface area contributed by atoms with Crippen molar-refractivity contribution < 1.29 is 9.59 Å². The van der Waals surface area contributed by atoms with Crippen molar-refractivity contribution in [2.45, 2.75) is 6.92 Å². The maximum Gasteiger partial charge on any atom is 0.228 e. The van der Waals surface area contributed by atoms with Gasteiger partial charge in [-0.2, -0.15) is 5.26 Å². The predicted octanol–water partition coefficient (Wildman–Crippen LogP) is 1.89. The Bertz CT molecular complexity index is 912. The zero-order valence-corrected chi connectivity index (χ0v) is 11.1. The molecule has 0 aliphatic heterocycles. The lowest BCUT2D eigenvalue weighted by Crippen LogP contribution is -2.00. The molecule has 1 N–H and O–H groups in total. The van der Waals surface area contributed by atoms with Crippen molar-refractivity contribution in [1.82, 2.24) is 14.6 Å². The van der Waals surface area contributed by atoms with E-state index in [9.17, 15) is 14.9 Å². The van der Waals surface area contributed by atoms with Crippen LogP contribution in [0.2, 0.25) is 0 Å². The summed E-state index contributed by atoms with van der Waals surface area (Å²) in [6, 6.07) is 9.67. The molecule has 0 atom stereocenters. The summed E-state index contributed by atoms with van der Waals surface area (Å²) >= 11 is 0. The average Bonchev–Trinajstić information content (AvgIpc) is 3.03. The number of Topliss-reactive ketones (excluding diaryl/α,β-unsaturated/α-hetero) is 1. The minimum Gasteiger partial charge on any atom is -0.294 e. The Hall–Kier alpha value is -3.20. The highest BCUT2D eigenvalue weighted by molar-refractivity contribution is 6.34. The van der Waals surface area contributed by atoms with Crippen LogP contribution in [0.15, 0.2) is 30.5 Å². The number of nitriles is 1. The van der Waals surface area contributed by atoms with Crippen molar-refractivity contribution >= 4 is 17.7 Å². The quantitative estimate of drug-likeness (QED) is 0.450. The van der Waals surface area contributed by atoms with Gasteiger partial charge in [0, 0.05) is 11.8 Å². The number of hydrogen-bond donors (Lipinski definition) is 1. The van der Waals surface area contributed by atoms with Gasteiger partial charge in [-0.25, -0.2) is 9.50 Å². The maximum atomic E-state index is 11.5. The van der Waals surface area contributed by atoms with E-state index in [1.165, 1.54) is 10.7 Å². The number of aromatic nitrogens is 3. The highest BCUT2D eigenvalue weighted by Gasteiger charge is 2.19. The largest absolute Gasteiger partial charge is 0.294 e. The Kier molecular flexibility index (Phi) is 2.88. The topological polar surface area (TPSA) is 91.0 Å². The first-order valence-corrected chi connectivity index (χ1v) is 6.21. The number of carbonyl (C=O) groups excluding carboxylic acids is 2. The molecule has 6 heteroatoms. The highest BCUT2D eigenvalue weighted by Crippen LogP contribution is 2.22. The second-order valence-corrected chi connectivity index (χ2v) is 4.65. The number of fused-ring (bicyclic) bond motifs is 1. The Morgan fingerprint density at radius 2 is 2.29 bits per heavy atom. The van der Waals surface area contributed by atoms with Gasteiger partial charge in [0.1, 0.15) is 11.6 Å². The molecule has 0 fully saturated rings. The summed E-state index contributed by atoms with van der Waals surface area (Å²) in [6.45, 7) is 1.97. The normalized spacial score (nSPS) is 10.5. The van der Waals surface area contributed by atoms with E-state index >= 15 is 0 Å². The van der Waals surface area contributed by atoms with E-state index in [0.29, 0.717) is 11.5 Å². The lowest BCUT2D eigenvalue weighted by Gasteiger charge is -1.97. The first-order chi connectivity index (χ1) is 10.1. The van der Waals surface area contributed by atoms with Gasteiger partial charge in [-0.15, -0.1) is 0 Å². The molecule has 0 spiro atoms. The lowest BCUT2D eigenvalue weighted by atomic mass is 10.1. The van der Waals surface area contributed by atoms with Crippen LogP contribution >= 0.6 is 0 Å². The second kappa shape index (κ2) is 4.72. The number of hydrogen-bond acceptors (Lipinski definition) is 4. The summed E-state index contributed by atoms with van der Waals surface area (Å²) in [5.74, 6) is -0.141. The summed E-state index contributed by atoms with van der Waals surface area (Å²) in [6.07, 6.45) is 1.61. The Morgan fingerprint density at radius 3 is 2.95 bits per heavy atom. The number of aromatic amines is 1. The van der Waals surface area contributed by atoms with Crippen molar-refractivity contribution in [3.8, 4) is 17.5 Å². The third-order valence-electron chi connectivity index (χ3n) is 3.20. The fraction of sp³-hybridized carbons (Fsp3) is 0.0667.